The summed E-state index contributed by atoms with van der Waals surface area (Å²) >= 11 is 0. The summed E-state index contributed by atoms with van der Waals surface area (Å²) in [6.45, 7) is 0.652. The molecule has 1 fully saturated rings. The summed E-state index contributed by atoms with van der Waals surface area (Å²) in [5, 5.41) is 17.8. The molecule has 0 aliphatic carbocycles. The quantitative estimate of drug-likeness (QED) is 0.859. The van der Waals surface area contributed by atoms with Gasteiger partial charge in [-0.15, -0.1) is 0 Å². The summed E-state index contributed by atoms with van der Waals surface area (Å²) in [5.74, 6) is -1.68. The van der Waals surface area contributed by atoms with Crippen molar-refractivity contribution in [3.05, 3.63) is 23.7 Å². The van der Waals surface area contributed by atoms with E-state index in [0.717, 1.165) is 19.3 Å². The van der Waals surface area contributed by atoms with Gasteiger partial charge in [0, 0.05) is 19.2 Å². The van der Waals surface area contributed by atoms with Gasteiger partial charge in [0.05, 0.1) is 0 Å². The predicted molar refractivity (Wildman–Crippen MR) is 66.0 cm³/mol. The number of hydrogen-bond acceptors (Lipinski definition) is 4. The zero-order valence-corrected chi connectivity index (χ0v) is 10.5. The Morgan fingerprint density at radius 2 is 2.05 bits per heavy atom. The molecule has 6 nitrogen and oxygen atoms in total. The van der Waals surface area contributed by atoms with Crippen LogP contribution in [0.25, 0.3) is 0 Å². The van der Waals surface area contributed by atoms with Crippen molar-refractivity contribution in [2.45, 2.75) is 31.7 Å². The SMILES string of the molecule is O=C(O)c1ccc(C(=O)N2CCCCC2CCO)o1. The maximum Gasteiger partial charge on any atom is 0.371 e. The van der Waals surface area contributed by atoms with Crippen LogP contribution in [0.1, 0.15) is 46.8 Å². The van der Waals surface area contributed by atoms with E-state index < -0.39 is 5.97 Å². The highest BCUT2D eigenvalue weighted by Gasteiger charge is 2.29. The van der Waals surface area contributed by atoms with Crippen LogP contribution in [0.3, 0.4) is 0 Å². The third-order valence-electron chi connectivity index (χ3n) is 3.38. The first-order chi connectivity index (χ1) is 9.13. The molecular formula is C13H17NO5. The van der Waals surface area contributed by atoms with Crippen LogP contribution < -0.4 is 0 Å². The fraction of sp³-hybridized carbons (Fsp3) is 0.538. The van der Waals surface area contributed by atoms with E-state index in [1.807, 2.05) is 0 Å². The number of rotatable bonds is 4. The van der Waals surface area contributed by atoms with Gasteiger partial charge in [-0.3, -0.25) is 4.79 Å². The Labute approximate surface area is 110 Å². The zero-order valence-electron chi connectivity index (χ0n) is 10.5. The maximum atomic E-state index is 12.3. The van der Waals surface area contributed by atoms with Crippen molar-refractivity contribution in [1.29, 1.82) is 0 Å². The van der Waals surface area contributed by atoms with Crippen molar-refractivity contribution in [2.24, 2.45) is 0 Å². The minimum Gasteiger partial charge on any atom is -0.475 e. The smallest absolute Gasteiger partial charge is 0.371 e. The Bertz CT molecular complexity index is 465. The number of aromatic carboxylic acids is 1. The van der Waals surface area contributed by atoms with E-state index in [-0.39, 0.29) is 30.1 Å². The summed E-state index contributed by atoms with van der Waals surface area (Å²) in [6.07, 6.45) is 3.35. The van der Waals surface area contributed by atoms with Gasteiger partial charge in [-0.2, -0.15) is 0 Å². The van der Waals surface area contributed by atoms with Gasteiger partial charge in [-0.25, -0.2) is 4.79 Å². The summed E-state index contributed by atoms with van der Waals surface area (Å²) in [4.78, 5) is 24.7. The van der Waals surface area contributed by atoms with E-state index in [0.29, 0.717) is 13.0 Å². The highest BCUT2D eigenvalue weighted by Crippen LogP contribution is 2.22. The fourth-order valence-corrected chi connectivity index (χ4v) is 2.43. The lowest BCUT2D eigenvalue weighted by Crippen LogP contribution is -2.44. The molecule has 6 heteroatoms. The number of carboxylic acids is 1. The van der Waals surface area contributed by atoms with Crippen LogP contribution in [0.4, 0.5) is 0 Å². The molecule has 2 rings (SSSR count). The number of carbonyl (C=O) groups excluding carboxylic acids is 1. The number of carboxylic acid groups (broad SMARTS) is 1. The highest BCUT2D eigenvalue weighted by molar-refractivity contribution is 5.93. The number of amides is 1. The summed E-state index contributed by atoms with van der Waals surface area (Å²) < 4.78 is 5.03. The molecule has 0 saturated carbocycles. The van der Waals surface area contributed by atoms with Gasteiger partial charge in [0.25, 0.3) is 5.91 Å². The lowest BCUT2D eigenvalue weighted by molar-refractivity contribution is 0.0535. The van der Waals surface area contributed by atoms with Gasteiger partial charge in [0.1, 0.15) is 0 Å². The van der Waals surface area contributed by atoms with Crippen LogP contribution in [0.2, 0.25) is 0 Å². The van der Waals surface area contributed by atoms with E-state index in [4.69, 9.17) is 14.6 Å². The lowest BCUT2D eigenvalue weighted by atomic mass is 9.99. The molecule has 0 bridgehead atoms. The van der Waals surface area contributed by atoms with Gasteiger partial charge in [0.2, 0.25) is 5.76 Å². The molecule has 0 radical (unpaired) electrons. The Hall–Kier alpha value is -1.82. The van der Waals surface area contributed by atoms with Crippen molar-refractivity contribution < 1.29 is 24.2 Å². The Morgan fingerprint density at radius 3 is 2.68 bits per heavy atom. The minimum absolute atomic E-state index is 0.00429. The van der Waals surface area contributed by atoms with Gasteiger partial charge < -0.3 is 19.5 Å². The van der Waals surface area contributed by atoms with E-state index in [9.17, 15) is 9.59 Å². The number of nitrogens with zero attached hydrogens (tertiary/aromatic N) is 1. The highest BCUT2D eigenvalue weighted by atomic mass is 16.4. The second kappa shape index (κ2) is 5.88. The molecule has 19 heavy (non-hydrogen) atoms. The van der Waals surface area contributed by atoms with Crippen molar-refractivity contribution in [2.75, 3.05) is 13.2 Å². The molecule has 1 unspecified atom stereocenters. The number of furan rings is 1. The third kappa shape index (κ3) is 2.96. The molecule has 0 spiro atoms. The maximum absolute atomic E-state index is 12.3. The predicted octanol–water partition coefficient (Wildman–Crippen LogP) is 1.35. The lowest BCUT2D eigenvalue weighted by Gasteiger charge is -2.34. The van der Waals surface area contributed by atoms with Crippen LogP contribution >= 0.6 is 0 Å². The van der Waals surface area contributed by atoms with E-state index in [1.165, 1.54) is 12.1 Å². The number of piperidine rings is 1. The van der Waals surface area contributed by atoms with Gasteiger partial charge >= 0.3 is 5.97 Å². The van der Waals surface area contributed by atoms with Crippen LogP contribution in [0.15, 0.2) is 16.5 Å². The first kappa shape index (κ1) is 13.6. The first-order valence-electron chi connectivity index (χ1n) is 6.38. The van der Waals surface area contributed by atoms with Crippen molar-refractivity contribution in [3.8, 4) is 0 Å². The molecular weight excluding hydrogens is 250 g/mol. The third-order valence-corrected chi connectivity index (χ3v) is 3.38. The van der Waals surface area contributed by atoms with Crippen molar-refractivity contribution in [3.63, 3.8) is 0 Å². The molecule has 1 amide bonds. The summed E-state index contributed by atoms with van der Waals surface area (Å²) in [7, 11) is 0. The second-order valence-corrected chi connectivity index (χ2v) is 4.63. The number of aliphatic hydroxyl groups is 1. The van der Waals surface area contributed by atoms with Gasteiger partial charge in [0.15, 0.2) is 5.76 Å². The van der Waals surface area contributed by atoms with Crippen molar-refractivity contribution in [1.82, 2.24) is 4.90 Å². The van der Waals surface area contributed by atoms with Crippen molar-refractivity contribution >= 4 is 11.9 Å². The molecule has 1 atom stereocenters. The van der Waals surface area contributed by atoms with E-state index >= 15 is 0 Å². The first-order valence-corrected chi connectivity index (χ1v) is 6.38. The number of likely N-dealkylation sites (tertiary alicyclic amines) is 1. The van der Waals surface area contributed by atoms with Gasteiger partial charge in [-0.05, 0) is 37.8 Å². The second-order valence-electron chi connectivity index (χ2n) is 4.63. The normalized spacial score (nSPS) is 19.4. The Kier molecular flexibility index (Phi) is 4.21. The molecule has 1 aromatic rings. The monoisotopic (exact) mass is 267 g/mol. The molecule has 1 aliphatic heterocycles. The average molecular weight is 267 g/mol. The van der Waals surface area contributed by atoms with Crippen LogP contribution in [0.5, 0.6) is 0 Å². The topological polar surface area (TPSA) is 91.0 Å². The number of aliphatic hydroxyl groups excluding tert-OH is 1. The van der Waals surface area contributed by atoms with E-state index in [1.54, 1.807) is 4.90 Å². The molecule has 1 aliphatic rings. The number of carbonyl (C=O) groups is 2. The minimum atomic E-state index is -1.19. The number of hydrogen-bond donors (Lipinski definition) is 2. The molecule has 1 saturated heterocycles. The fourth-order valence-electron chi connectivity index (χ4n) is 2.43. The standard InChI is InChI=1S/C13H17NO5/c15-8-6-9-3-1-2-7-14(9)12(16)10-4-5-11(19-10)13(17)18/h4-5,9,15H,1-3,6-8H2,(H,17,18). The Balaban J connectivity index is 2.13. The summed E-state index contributed by atoms with van der Waals surface area (Å²) in [5.41, 5.74) is 0. The van der Waals surface area contributed by atoms with E-state index in [2.05, 4.69) is 0 Å². The van der Waals surface area contributed by atoms with Crippen LogP contribution in [-0.2, 0) is 0 Å². The van der Waals surface area contributed by atoms with Gasteiger partial charge in [-0.1, -0.05) is 0 Å². The average Bonchev–Trinajstić information content (AvgIpc) is 2.89. The zero-order chi connectivity index (χ0) is 13.8. The molecule has 0 aromatic carbocycles. The molecule has 2 heterocycles. The molecule has 1 aromatic heterocycles. The summed E-state index contributed by atoms with van der Waals surface area (Å²) in [6, 6.07) is 2.67. The molecule has 104 valence electrons. The Morgan fingerprint density at radius 1 is 1.32 bits per heavy atom. The largest absolute Gasteiger partial charge is 0.475 e. The molecule has 2 N–H and O–H groups in total. The van der Waals surface area contributed by atoms with Crippen LogP contribution in [-0.4, -0.2) is 46.2 Å². The van der Waals surface area contributed by atoms with Crippen LogP contribution in [0, 0.1) is 0 Å².